The molecule has 0 bridgehead atoms. The minimum atomic E-state index is -0.589. The number of benzene rings is 1. The minimum absolute atomic E-state index is 0.330. The fourth-order valence-corrected chi connectivity index (χ4v) is 2.82. The molecule has 2 aliphatic rings. The third-order valence-corrected chi connectivity index (χ3v) is 4.85. The van der Waals surface area contributed by atoms with Gasteiger partial charge in [0, 0.05) is 11.9 Å². The first-order valence-electron chi connectivity index (χ1n) is 8.06. The summed E-state index contributed by atoms with van der Waals surface area (Å²) in [5, 5.41) is 0. The lowest BCUT2D eigenvalue weighted by Gasteiger charge is -2.32. The second-order valence-electron chi connectivity index (χ2n) is 6.99. The Kier molecular flexibility index (Phi) is 3.93. The maximum absolute atomic E-state index is 11.9. The van der Waals surface area contributed by atoms with Crippen LogP contribution in [0, 0.1) is 0 Å². The third kappa shape index (κ3) is 2.74. The van der Waals surface area contributed by atoms with Gasteiger partial charge in [-0.2, -0.15) is 0 Å². The van der Waals surface area contributed by atoms with Gasteiger partial charge in [0.2, 0.25) is 0 Å². The van der Waals surface area contributed by atoms with Gasteiger partial charge >= 0.3 is 13.1 Å². The molecule has 3 rings (SSSR count). The predicted octanol–water partition coefficient (Wildman–Crippen LogP) is 1.85. The van der Waals surface area contributed by atoms with Gasteiger partial charge in [0.05, 0.1) is 17.8 Å². The number of carbonyl (C=O) groups is 1. The van der Waals surface area contributed by atoms with E-state index in [0.717, 1.165) is 11.0 Å². The molecule has 0 radical (unpaired) electrons. The van der Waals surface area contributed by atoms with Gasteiger partial charge in [0.25, 0.3) is 0 Å². The predicted molar refractivity (Wildman–Crippen MR) is 86.9 cm³/mol. The highest BCUT2D eigenvalue weighted by atomic mass is 16.7. The summed E-state index contributed by atoms with van der Waals surface area (Å²) in [7, 11) is -0.504. The number of hydrogen-bond acceptors (Lipinski definition) is 5. The Hall–Kier alpha value is -1.53. The third-order valence-electron chi connectivity index (χ3n) is 4.85. The van der Waals surface area contributed by atoms with Crippen molar-refractivity contribution in [1.29, 1.82) is 0 Å². The Labute approximate surface area is 137 Å². The maximum Gasteiger partial charge on any atom is 0.498 e. The van der Waals surface area contributed by atoms with Gasteiger partial charge in [-0.1, -0.05) is 18.2 Å². The van der Waals surface area contributed by atoms with E-state index in [1.807, 2.05) is 45.9 Å². The maximum atomic E-state index is 11.9. The van der Waals surface area contributed by atoms with E-state index in [-0.39, 0.29) is 5.97 Å². The fourth-order valence-electron chi connectivity index (χ4n) is 2.82. The topological polar surface area (TPSA) is 54.0 Å². The molecule has 0 amide bonds. The monoisotopic (exact) mass is 318 g/mol. The van der Waals surface area contributed by atoms with Crippen LogP contribution in [0.25, 0.3) is 0 Å². The molecular formula is C17H23BO5. The number of carbonyl (C=O) groups excluding carboxylic acids is 1. The van der Waals surface area contributed by atoms with E-state index in [9.17, 15) is 4.79 Å². The van der Waals surface area contributed by atoms with Crippen molar-refractivity contribution in [2.75, 3.05) is 6.61 Å². The van der Waals surface area contributed by atoms with Gasteiger partial charge in [-0.3, -0.25) is 0 Å². The van der Waals surface area contributed by atoms with Crippen molar-refractivity contribution in [1.82, 2.24) is 0 Å². The molecule has 6 heteroatoms. The molecule has 0 saturated carbocycles. The molecular weight excluding hydrogens is 295 g/mol. The molecule has 0 aliphatic carbocycles. The van der Waals surface area contributed by atoms with Gasteiger partial charge in [0.1, 0.15) is 5.75 Å². The molecule has 2 aliphatic heterocycles. The number of hydrogen-bond donors (Lipinski definition) is 0. The Balaban J connectivity index is 1.86. The number of rotatable bonds is 3. The second kappa shape index (κ2) is 5.53. The fraction of sp³-hybridized carbons (Fsp3) is 0.588. The summed E-state index contributed by atoms with van der Waals surface area (Å²) >= 11 is 0. The van der Waals surface area contributed by atoms with Crippen LogP contribution < -0.4 is 10.2 Å². The first-order chi connectivity index (χ1) is 10.7. The van der Waals surface area contributed by atoms with Crippen molar-refractivity contribution in [3.05, 3.63) is 23.8 Å². The largest absolute Gasteiger partial charge is 0.498 e. The van der Waals surface area contributed by atoms with Crippen molar-refractivity contribution in [3.8, 4) is 5.75 Å². The summed E-state index contributed by atoms with van der Waals surface area (Å²) < 4.78 is 23.1. The van der Waals surface area contributed by atoms with Crippen LogP contribution in [0.5, 0.6) is 5.75 Å². The Morgan fingerprint density at radius 2 is 1.91 bits per heavy atom. The van der Waals surface area contributed by atoms with Crippen LogP contribution in [0.15, 0.2) is 18.2 Å². The van der Waals surface area contributed by atoms with Crippen LogP contribution in [0.4, 0.5) is 0 Å². The zero-order valence-electron chi connectivity index (χ0n) is 14.3. The van der Waals surface area contributed by atoms with Crippen LogP contribution in [-0.2, 0) is 25.3 Å². The molecule has 1 fully saturated rings. The molecule has 1 aromatic carbocycles. The highest BCUT2D eigenvalue weighted by molar-refractivity contribution is 6.63. The molecule has 1 atom stereocenters. The Morgan fingerprint density at radius 1 is 1.26 bits per heavy atom. The van der Waals surface area contributed by atoms with Crippen LogP contribution in [0.2, 0.25) is 0 Å². The number of esters is 1. The van der Waals surface area contributed by atoms with E-state index in [4.69, 9.17) is 18.8 Å². The summed E-state index contributed by atoms with van der Waals surface area (Å²) in [6.07, 6.45) is -0.0739. The van der Waals surface area contributed by atoms with Crippen molar-refractivity contribution >= 4 is 18.6 Å². The van der Waals surface area contributed by atoms with Gasteiger partial charge in [-0.05, 0) is 40.2 Å². The lowest BCUT2D eigenvalue weighted by Crippen LogP contribution is -2.41. The summed E-state index contributed by atoms with van der Waals surface area (Å²) in [4.78, 5) is 11.9. The van der Waals surface area contributed by atoms with Crippen LogP contribution in [0.3, 0.4) is 0 Å². The van der Waals surface area contributed by atoms with E-state index in [1.54, 1.807) is 6.92 Å². The zero-order valence-corrected chi connectivity index (χ0v) is 14.3. The van der Waals surface area contributed by atoms with Gasteiger partial charge in [-0.25, -0.2) is 4.79 Å². The molecule has 1 aromatic rings. The highest BCUT2D eigenvalue weighted by Crippen LogP contribution is 2.38. The van der Waals surface area contributed by atoms with Crippen molar-refractivity contribution in [2.45, 2.75) is 58.3 Å². The van der Waals surface area contributed by atoms with Crippen molar-refractivity contribution < 1.29 is 23.6 Å². The van der Waals surface area contributed by atoms with Crippen molar-refractivity contribution in [2.24, 2.45) is 0 Å². The average molecular weight is 318 g/mol. The molecule has 0 aromatic heterocycles. The molecule has 0 spiro atoms. The SMILES string of the molecule is CCOC(=O)C1Cc2cccc(B3OC(C)(C)C(C)(C)O3)c2O1. The van der Waals surface area contributed by atoms with Crippen LogP contribution in [-0.4, -0.2) is 37.0 Å². The molecule has 1 saturated heterocycles. The first-order valence-corrected chi connectivity index (χ1v) is 8.06. The minimum Gasteiger partial charge on any atom is -0.478 e. The van der Waals surface area contributed by atoms with Gasteiger partial charge < -0.3 is 18.8 Å². The molecule has 2 heterocycles. The first kappa shape index (κ1) is 16.3. The Morgan fingerprint density at radius 3 is 2.52 bits per heavy atom. The number of para-hydroxylation sites is 1. The molecule has 124 valence electrons. The lowest BCUT2D eigenvalue weighted by molar-refractivity contribution is -0.150. The normalized spacial score (nSPS) is 24.2. The zero-order chi connectivity index (χ0) is 16.8. The van der Waals surface area contributed by atoms with Crippen LogP contribution >= 0.6 is 0 Å². The van der Waals surface area contributed by atoms with Gasteiger partial charge in [0.15, 0.2) is 6.10 Å². The number of ether oxygens (including phenoxy) is 2. The van der Waals surface area contributed by atoms with E-state index in [0.29, 0.717) is 18.8 Å². The van der Waals surface area contributed by atoms with E-state index < -0.39 is 24.4 Å². The molecule has 23 heavy (non-hydrogen) atoms. The Bertz CT molecular complexity index is 609. The second-order valence-corrected chi connectivity index (χ2v) is 6.99. The van der Waals surface area contributed by atoms with E-state index in [1.165, 1.54) is 0 Å². The average Bonchev–Trinajstić information content (AvgIpc) is 2.98. The van der Waals surface area contributed by atoms with Crippen LogP contribution in [0.1, 0.15) is 40.2 Å². The molecule has 0 N–H and O–H groups in total. The highest BCUT2D eigenvalue weighted by Gasteiger charge is 2.53. The smallest absolute Gasteiger partial charge is 0.478 e. The summed E-state index contributed by atoms with van der Waals surface area (Å²) in [6, 6.07) is 5.83. The van der Waals surface area contributed by atoms with E-state index in [2.05, 4.69) is 0 Å². The number of fused-ring (bicyclic) bond motifs is 1. The quantitative estimate of drug-likeness (QED) is 0.629. The standard InChI is InChI=1S/C17H23BO5/c1-6-20-15(19)13-10-11-8-7-9-12(14(11)21-13)18-22-16(2,3)17(4,5)23-18/h7-9,13H,6,10H2,1-5H3. The summed E-state index contributed by atoms with van der Waals surface area (Å²) in [6.45, 7) is 10.2. The summed E-state index contributed by atoms with van der Waals surface area (Å²) in [5.41, 5.74) is 0.974. The molecule has 1 unspecified atom stereocenters. The van der Waals surface area contributed by atoms with Gasteiger partial charge in [-0.15, -0.1) is 0 Å². The van der Waals surface area contributed by atoms with Crippen molar-refractivity contribution in [3.63, 3.8) is 0 Å². The molecule has 5 nitrogen and oxygen atoms in total. The van der Waals surface area contributed by atoms with E-state index >= 15 is 0 Å². The lowest BCUT2D eigenvalue weighted by atomic mass is 9.77. The summed E-state index contributed by atoms with van der Waals surface area (Å²) in [5.74, 6) is 0.354.